The van der Waals surface area contributed by atoms with Crippen molar-refractivity contribution in [2.45, 2.75) is 63.1 Å². The molecular weight excluding hydrogens is 548 g/mol. The molecule has 3 heterocycles. The number of halogens is 6. The summed E-state index contributed by atoms with van der Waals surface area (Å²) in [6, 6.07) is 7.49. The first kappa shape index (κ1) is 21.8. The Hall–Kier alpha value is -4.01. The van der Waals surface area contributed by atoms with Gasteiger partial charge in [-0.25, -0.2) is 4.98 Å². The first-order chi connectivity index (χ1) is 21.1. The van der Waals surface area contributed by atoms with Crippen molar-refractivity contribution in [1.29, 1.82) is 0 Å². The minimum Gasteiger partial charge on any atom is -0.415 e. The van der Waals surface area contributed by atoms with E-state index in [1.165, 1.54) is 24.3 Å². The van der Waals surface area contributed by atoms with Crippen molar-refractivity contribution < 1.29 is 48.6 Å². The zero-order valence-corrected chi connectivity index (χ0v) is 20.1. The molecule has 1 aromatic carbocycles. The Morgan fingerprint density at radius 2 is 1.88 bits per heavy atom. The number of hydrogen-bond donors (Lipinski definition) is 1. The normalized spacial score (nSPS) is 22.4. The molecule has 0 amide bonds. The highest BCUT2D eigenvalue weighted by Gasteiger charge is 2.61. The number of anilines is 1. The maximum Gasteiger partial charge on any atom is 0.426 e. The fourth-order valence-electron chi connectivity index (χ4n) is 3.88. The van der Waals surface area contributed by atoms with Gasteiger partial charge in [0, 0.05) is 19.8 Å². The van der Waals surface area contributed by atoms with Gasteiger partial charge in [-0.3, -0.25) is 10.1 Å². The Morgan fingerprint density at radius 1 is 1.15 bits per heavy atom. The second-order valence-electron chi connectivity index (χ2n) is 8.76. The number of benzene rings is 1. The molecule has 2 aromatic heterocycles. The Labute approximate surface area is 231 Å². The van der Waals surface area contributed by atoms with Gasteiger partial charge in [-0.2, -0.15) is 26.3 Å². The number of alkyl halides is 6. The third kappa shape index (κ3) is 5.93. The Morgan fingerprint density at radius 3 is 2.50 bits per heavy atom. The summed E-state index contributed by atoms with van der Waals surface area (Å²) in [5.74, 6) is -3.90. The molecule has 3 aromatic rings. The van der Waals surface area contributed by atoms with Crippen LogP contribution in [0.5, 0.6) is 0 Å². The van der Waals surface area contributed by atoms with E-state index in [0.29, 0.717) is 0 Å². The maximum atomic E-state index is 14.9. The summed E-state index contributed by atoms with van der Waals surface area (Å²) in [5, 5.41) is 20.5. The molecule has 214 valence electrons. The van der Waals surface area contributed by atoms with E-state index in [1.807, 2.05) is 5.32 Å². The Balaban J connectivity index is 2.05. The summed E-state index contributed by atoms with van der Waals surface area (Å²) >= 11 is 0. The lowest BCUT2D eigenvalue weighted by Crippen LogP contribution is -2.45. The van der Waals surface area contributed by atoms with Gasteiger partial charge in [-0.15, -0.1) is 10.2 Å². The Kier molecular flexibility index (Phi) is 5.73. The number of fused-ring (bicyclic) bond motifs is 5. The smallest absolute Gasteiger partial charge is 0.415 e. The number of pyridine rings is 1. The quantitative estimate of drug-likeness (QED) is 0.153. The molecular formula is C25H23F6N5O4. The monoisotopic (exact) mass is 577 g/mol. The van der Waals surface area contributed by atoms with Crippen LogP contribution >= 0.6 is 0 Å². The first-order valence-corrected chi connectivity index (χ1v) is 11.4. The lowest BCUT2D eigenvalue weighted by Gasteiger charge is -2.32. The van der Waals surface area contributed by atoms with Crippen molar-refractivity contribution in [3.63, 3.8) is 0 Å². The minimum atomic E-state index is -5.47. The molecule has 1 aliphatic heterocycles. The fraction of sp³-hybridized carbons (Fsp3) is 0.400. The van der Waals surface area contributed by atoms with E-state index < -0.39 is 103 Å². The van der Waals surface area contributed by atoms with Gasteiger partial charge >= 0.3 is 18.0 Å². The summed E-state index contributed by atoms with van der Waals surface area (Å²) in [7, 11) is 0. The van der Waals surface area contributed by atoms with Gasteiger partial charge in [-0.05, 0) is 38.5 Å². The van der Waals surface area contributed by atoms with E-state index in [1.54, 1.807) is 6.07 Å². The van der Waals surface area contributed by atoms with Gasteiger partial charge in [0.2, 0.25) is 11.3 Å². The van der Waals surface area contributed by atoms with Crippen molar-refractivity contribution in [2.24, 2.45) is 0 Å². The number of aromatic nitrogens is 3. The van der Waals surface area contributed by atoms with Crippen LogP contribution in [0.15, 0.2) is 53.0 Å². The highest BCUT2D eigenvalue weighted by molar-refractivity contribution is 5.68. The molecule has 0 fully saturated rings. The van der Waals surface area contributed by atoms with E-state index in [9.17, 15) is 36.5 Å². The molecule has 4 rings (SSSR count). The van der Waals surface area contributed by atoms with Gasteiger partial charge < -0.3 is 14.5 Å². The molecule has 1 unspecified atom stereocenters. The molecule has 0 spiro atoms. The van der Waals surface area contributed by atoms with Crippen LogP contribution in [0.2, 0.25) is 0 Å². The largest absolute Gasteiger partial charge is 0.426 e. The molecule has 1 aliphatic rings. The highest BCUT2D eigenvalue weighted by Crippen LogP contribution is 2.47. The average molecular weight is 578 g/mol. The van der Waals surface area contributed by atoms with Crippen LogP contribution in [0.25, 0.3) is 11.6 Å². The standard InChI is InChI=1S/C25H23F6N5O4/c1-22(2)11-7-4-8-12-23(25(29,30)31,39-14-15-9-5-3-6-10-15)21-35-34-20(40-21)18-17(36(37)38)13-16(24(26,27)28)19(32-18)33-22/h3-7,9-10,13H,8,11-12,14H2,1-2H3,(H,32,33)/i1D3,2D3. The summed E-state index contributed by atoms with van der Waals surface area (Å²) in [6.07, 6.45) is -11.5. The van der Waals surface area contributed by atoms with Crippen molar-refractivity contribution in [3.05, 3.63) is 75.7 Å². The number of ether oxygens (including phenoxy) is 1. The number of nitro groups is 1. The molecule has 0 saturated heterocycles. The molecule has 4 bridgehead atoms. The van der Waals surface area contributed by atoms with Crippen LogP contribution in [-0.4, -0.2) is 31.8 Å². The topological polar surface area (TPSA) is 116 Å². The first-order valence-electron chi connectivity index (χ1n) is 14.4. The van der Waals surface area contributed by atoms with Crippen molar-refractivity contribution in [3.8, 4) is 11.6 Å². The van der Waals surface area contributed by atoms with Gasteiger partial charge in [0.15, 0.2) is 0 Å². The molecule has 1 atom stereocenters. The van der Waals surface area contributed by atoms with Crippen molar-refractivity contribution >= 4 is 11.5 Å². The van der Waals surface area contributed by atoms with Crippen molar-refractivity contribution in [1.82, 2.24) is 15.2 Å². The summed E-state index contributed by atoms with van der Waals surface area (Å²) in [6.45, 7) is -7.85. The van der Waals surface area contributed by atoms with Crippen LogP contribution in [0, 0.1) is 10.1 Å². The summed E-state index contributed by atoms with van der Waals surface area (Å²) in [4.78, 5) is 14.0. The summed E-state index contributed by atoms with van der Waals surface area (Å²) in [5.41, 5.74) is -10.9. The highest BCUT2D eigenvalue weighted by atomic mass is 19.4. The number of rotatable bonds is 4. The van der Waals surface area contributed by atoms with E-state index in [2.05, 4.69) is 15.2 Å². The predicted molar refractivity (Wildman–Crippen MR) is 129 cm³/mol. The molecule has 40 heavy (non-hydrogen) atoms. The summed E-state index contributed by atoms with van der Waals surface area (Å²) < 4.78 is 146. The molecule has 0 radical (unpaired) electrons. The third-order valence-corrected chi connectivity index (χ3v) is 5.85. The third-order valence-electron chi connectivity index (χ3n) is 5.85. The number of nitrogens with one attached hydrogen (secondary N) is 1. The number of hydrogen-bond acceptors (Lipinski definition) is 8. The predicted octanol–water partition coefficient (Wildman–Crippen LogP) is 6.96. The SMILES string of the molecule is [2H]C([2H])([2H])C1(C([2H])([2H])[2H])CC=CCCC(OCc2ccccc2)(C(F)(F)F)c2nnc(o2)-c2nc(c(C(F)(F)F)cc2[N+](=O)[O-])N1. The van der Waals surface area contributed by atoms with Crippen LogP contribution < -0.4 is 5.32 Å². The number of allylic oxidation sites excluding steroid dienone is 1. The van der Waals surface area contributed by atoms with Gasteiger partial charge in [0.05, 0.1) is 11.5 Å². The van der Waals surface area contributed by atoms with Gasteiger partial charge in [-0.1, -0.05) is 42.5 Å². The molecule has 1 N–H and O–H groups in total. The van der Waals surface area contributed by atoms with Crippen molar-refractivity contribution in [2.75, 3.05) is 5.32 Å². The average Bonchev–Trinajstić information content (AvgIpc) is 3.41. The lowest BCUT2D eigenvalue weighted by molar-refractivity contribution is -0.384. The van der Waals surface area contributed by atoms with Crippen LogP contribution in [0.1, 0.15) is 58.2 Å². The zero-order chi connectivity index (χ0) is 34.3. The number of nitrogens with zero attached hydrogens (tertiary/aromatic N) is 4. The van der Waals surface area contributed by atoms with E-state index >= 15 is 0 Å². The van der Waals surface area contributed by atoms with Crippen LogP contribution in [0.4, 0.5) is 37.8 Å². The molecule has 0 saturated carbocycles. The lowest BCUT2D eigenvalue weighted by atomic mass is 9.94. The van der Waals surface area contributed by atoms with E-state index in [-0.39, 0.29) is 11.6 Å². The second-order valence-corrected chi connectivity index (χ2v) is 8.76. The van der Waals surface area contributed by atoms with Crippen LogP contribution in [-0.2, 0) is 23.1 Å². The maximum absolute atomic E-state index is 14.9. The zero-order valence-electron chi connectivity index (χ0n) is 26.1. The molecule has 15 heteroatoms. The second kappa shape index (κ2) is 10.5. The fourth-order valence-corrected chi connectivity index (χ4v) is 3.88. The van der Waals surface area contributed by atoms with Gasteiger partial charge in [0.1, 0.15) is 11.4 Å². The molecule has 0 aliphatic carbocycles. The molecule has 9 nitrogen and oxygen atoms in total. The minimum absolute atomic E-state index is 0.0943. The van der Waals surface area contributed by atoms with Crippen LogP contribution in [0.3, 0.4) is 0 Å². The van der Waals surface area contributed by atoms with E-state index in [4.69, 9.17) is 17.4 Å². The van der Waals surface area contributed by atoms with Gasteiger partial charge in [0.25, 0.3) is 11.8 Å². The van der Waals surface area contributed by atoms with E-state index in [0.717, 1.165) is 12.2 Å². The Bertz CT molecular complexity index is 1600.